The Hall–Kier alpha value is -1.99. The summed E-state index contributed by atoms with van der Waals surface area (Å²) < 4.78 is 53.7. The minimum absolute atomic E-state index is 0.157. The van der Waals surface area contributed by atoms with Gasteiger partial charge in [0.2, 0.25) is 5.91 Å². The molecule has 2 aromatic carbocycles. The van der Waals surface area contributed by atoms with Crippen LogP contribution in [-0.4, -0.2) is 14.3 Å². The largest absolute Gasteiger partial charge is 0.274 e. The van der Waals surface area contributed by atoms with E-state index in [-0.39, 0.29) is 5.92 Å². The number of nitrogens with one attached hydrogen (secondary N) is 1. The summed E-state index contributed by atoms with van der Waals surface area (Å²) in [4.78, 5) is 11.3. The Bertz CT molecular complexity index is 935. The number of hydrogen-bond acceptors (Lipinski definition) is 3. The van der Waals surface area contributed by atoms with E-state index < -0.39 is 43.4 Å². The number of carbonyl (C=O) groups is 1. The highest BCUT2D eigenvalue weighted by atomic mass is 35.5. The van der Waals surface area contributed by atoms with Gasteiger partial charge in [-0.15, -0.1) is 0 Å². The summed E-state index contributed by atoms with van der Waals surface area (Å²) in [5.74, 6) is -4.06. The van der Waals surface area contributed by atoms with E-state index in [0.717, 1.165) is 24.1 Å². The van der Waals surface area contributed by atoms with Gasteiger partial charge in [0.1, 0.15) is 4.90 Å². The first-order valence-electron chi connectivity index (χ1n) is 8.04. The van der Waals surface area contributed by atoms with Gasteiger partial charge in [-0.05, 0) is 42.9 Å². The van der Waals surface area contributed by atoms with Crippen LogP contribution in [0.1, 0.15) is 30.7 Å². The van der Waals surface area contributed by atoms with Gasteiger partial charge < -0.3 is 0 Å². The topological polar surface area (TPSA) is 63.2 Å². The molecule has 0 bridgehead atoms. The molecule has 2 aromatic rings. The quantitative estimate of drug-likeness (QED) is 0.790. The molecule has 1 saturated carbocycles. The molecule has 4 nitrogen and oxygen atoms in total. The molecule has 1 aliphatic carbocycles. The highest BCUT2D eigenvalue weighted by molar-refractivity contribution is 7.90. The van der Waals surface area contributed by atoms with E-state index >= 15 is 0 Å². The third-order valence-corrected chi connectivity index (χ3v) is 6.41. The van der Waals surface area contributed by atoms with Crippen molar-refractivity contribution in [2.24, 2.45) is 5.92 Å². The zero-order chi connectivity index (χ0) is 18.9. The van der Waals surface area contributed by atoms with Crippen molar-refractivity contribution in [2.75, 3.05) is 0 Å². The lowest BCUT2D eigenvalue weighted by molar-refractivity contribution is -0.123. The van der Waals surface area contributed by atoms with Crippen LogP contribution in [0.4, 0.5) is 8.78 Å². The third-order valence-electron chi connectivity index (χ3n) is 4.58. The molecule has 2 atom stereocenters. The molecule has 138 valence electrons. The summed E-state index contributed by atoms with van der Waals surface area (Å²) in [6.45, 7) is 0. The lowest BCUT2D eigenvalue weighted by Gasteiger charge is -2.14. The van der Waals surface area contributed by atoms with Gasteiger partial charge >= 0.3 is 0 Å². The Morgan fingerprint density at radius 1 is 1.08 bits per heavy atom. The standard InChI is InChI=1S/C18H16ClF2NO3S/c19-14-8-9-15(20)16(21)17(14)26(24,25)22-18(23)13-7-6-12(10-13)11-4-2-1-3-5-11/h1-5,8-9,12-13H,6-7,10H2,(H,22,23)/t12-,13-/m1/s1. The smallest absolute Gasteiger partial charge is 0.268 e. The molecule has 0 saturated heterocycles. The molecule has 0 aliphatic heterocycles. The van der Waals surface area contributed by atoms with Crippen molar-refractivity contribution in [3.05, 3.63) is 64.7 Å². The predicted molar refractivity (Wildman–Crippen MR) is 93.2 cm³/mol. The number of carbonyl (C=O) groups excluding carboxylic acids is 1. The summed E-state index contributed by atoms with van der Waals surface area (Å²) in [5, 5.41) is -0.488. The van der Waals surface area contributed by atoms with E-state index in [1.807, 2.05) is 35.1 Å². The van der Waals surface area contributed by atoms with E-state index in [9.17, 15) is 22.0 Å². The molecule has 0 heterocycles. The molecule has 0 spiro atoms. The van der Waals surface area contributed by atoms with Gasteiger partial charge in [-0.1, -0.05) is 41.9 Å². The molecule has 1 aliphatic rings. The van der Waals surface area contributed by atoms with Gasteiger partial charge in [0.25, 0.3) is 10.0 Å². The second-order valence-electron chi connectivity index (χ2n) is 6.26. The van der Waals surface area contributed by atoms with Crippen LogP contribution in [0.5, 0.6) is 0 Å². The Labute approximate surface area is 155 Å². The van der Waals surface area contributed by atoms with Crippen molar-refractivity contribution in [1.82, 2.24) is 4.72 Å². The maximum Gasteiger partial charge on any atom is 0.268 e. The number of hydrogen-bond donors (Lipinski definition) is 1. The summed E-state index contributed by atoms with van der Waals surface area (Å²) in [7, 11) is -4.61. The first-order valence-corrected chi connectivity index (χ1v) is 9.91. The number of rotatable bonds is 4. The van der Waals surface area contributed by atoms with Gasteiger partial charge in [0, 0.05) is 5.92 Å². The van der Waals surface area contributed by atoms with Gasteiger partial charge in [-0.3, -0.25) is 4.79 Å². The minimum Gasteiger partial charge on any atom is -0.274 e. The highest BCUT2D eigenvalue weighted by Gasteiger charge is 2.34. The molecule has 0 radical (unpaired) electrons. The fourth-order valence-corrected chi connectivity index (χ4v) is 4.91. The minimum atomic E-state index is -4.61. The molecule has 0 unspecified atom stereocenters. The van der Waals surface area contributed by atoms with E-state index in [1.165, 1.54) is 0 Å². The Kier molecular flexibility index (Phi) is 5.29. The van der Waals surface area contributed by atoms with E-state index in [4.69, 9.17) is 11.6 Å². The van der Waals surface area contributed by atoms with Crippen molar-refractivity contribution >= 4 is 27.5 Å². The second kappa shape index (κ2) is 7.32. The Morgan fingerprint density at radius 2 is 1.77 bits per heavy atom. The molecular formula is C18H16ClF2NO3S. The van der Waals surface area contributed by atoms with Crippen LogP contribution in [0.3, 0.4) is 0 Å². The molecule has 1 amide bonds. The first kappa shape index (κ1) is 18.8. The average Bonchev–Trinajstić information content (AvgIpc) is 3.09. The van der Waals surface area contributed by atoms with Crippen LogP contribution >= 0.6 is 11.6 Å². The van der Waals surface area contributed by atoms with Crippen LogP contribution < -0.4 is 4.72 Å². The van der Waals surface area contributed by atoms with Crippen molar-refractivity contribution < 1.29 is 22.0 Å². The molecule has 26 heavy (non-hydrogen) atoms. The number of amides is 1. The molecule has 1 fully saturated rings. The van der Waals surface area contributed by atoms with Gasteiger partial charge in [0.15, 0.2) is 11.6 Å². The molecular weight excluding hydrogens is 384 g/mol. The zero-order valence-electron chi connectivity index (χ0n) is 13.6. The highest BCUT2D eigenvalue weighted by Crippen LogP contribution is 2.38. The fraction of sp³-hybridized carbons (Fsp3) is 0.278. The third kappa shape index (κ3) is 3.73. The lowest BCUT2D eigenvalue weighted by atomic mass is 9.96. The monoisotopic (exact) mass is 399 g/mol. The van der Waals surface area contributed by atoms with Crippen LogP contribution in [0, 0.1) is 17.6 Å². The summed E-state index contributed by atoms with van der Waals surface area (Å²) >= 11 is 5.70. The van der Waals surface area contributed by atoms with Gasteiger partial charge in [0.05, 0.1) is 5.02 Å². The normalized spacial score (nSPS) is 20.1. The van der Waals surface area contributed by atoms with Crippen molar-refractivity contribution in [2.45, 2.75) is 30.1 Å². The van der Waals surface area contributed by atoms with Crippen LogP contribution in [0.2, 0.25) is 5.02 Å². The van der Waals surface area contributed by atoms with Crippen molar-refractivity contribution in [3.63, 3.8) is 0 Å². The van der Waals surface area contributed by atoms with Crippen LogP contribution in [0.15, 0.2) is 47.4 Å². The van der Waals surface area contributed by atoms with Crippen molar-refractivity contribution in [1.29, 1.82) is 0 Å². The summed E-state index contributed by atoms with van der Waals surface area (Å²) in [5.41, 5.74) is 1.09. The molecule has 0 aromatic heterocycles. The summed E-state index contributed by atoms with van der Waals surface area (Å²) in [6.07, 6.45) is 1.75. The van der Waals surface area contributed by atoms with E-state index in [2.05, 4.69) is 0 Å². The van der Waals surface area contributed by atoms with Gasteiger partial charge in [-0.2, -0.15) is 0 Å². The van der Waals surface area contributed by atoms with Crippen LogP contribution in [-0.2, 0) is 14.8 Å². The predicted octanol–water partition coefficient (Wildman–Crippen LogP) is 4.01. The Morgan fingerprint density at radius 3 is 2.46 bits per heavy atom. The molecule has 3 rings (SSSR count). The van der Waals surface area contributed by atoms with Gasteiger partial charge in [-0.25, -0.2) is 21.9 Å². The number of halogens is 3. The number of sulfonamides is 1. The zero-order valence-corrected chi connectivity index (χ0v) is 15.2. The van der Waals surface area contributed by atoms with Crippen LogP contribution in [0.25, 0.3) is 0 Å². The maximum atomic E-state index is 13.9. The van der Waals surface area contributed by atoms with Crippen molar-refractivity contribution in [3.8, 4) is 0 Å². The number of benzene rings is 2. The summed E-state index contributed by atoms with van der Waals surface area (Å²) in [6, 6.07) is 11.3. The Balaban J connectivity index is 1.75. The van der Waals surface area contributed by atoms with E-state index in [0.29, 0.717) is 12.8 Å². The SMILES string of the molecule is O=C(NS(=O)(=O)c1c(Cl)ccc(F)c1F)[C@@H]1CC[C@@H](c2ccccc2)C1. The average molecular weight is 400 g/mol. The first-order chi connectivity index (χ1) is 12.3. The maximum absolute atomic E-state index is 13.9. The molecule has 1 N–H and O–H groups in total. The fourth-order valence-electron chi connectivity index (χ4n) is 3.27. The second-order valence-corrected chi connectivity index (χ2v) is 8.29. The molecule has 8 heteroatoms. The lowest BCUT2D eigenvalue weighted by Crippen LogP contribution is -2.35. The van der Waals surface area contributed by atoms with E-state index in [1.54, 1.807) is 0 Å².